The number of nitro groups is 1. The lowest BCUT2D eigenvalue weighted by Gasteiger charge is -2.10. The number of nitrogens with one attached hydrogen (secondary N) is 2. The van der Waals surface area contributed by atoms with Gasteiger partial charge in [-0.15, -0.1) is 0 Å². The minimum atomic E-state index is -0.510. The van der Waals surface area contributed by atoms with E-state index < -0.39 is 10.8 Å². The Kier molecular flexibility index (Phi) is 6.68. The minimum absolute atomic E-state index is 0.0951. The van der Waals surface area contributed by atoms with Gasteiger partial charge < -0.3 is 10.6 Å². The fraction of sp³-hybridized carbons (Fsp3) is 0.0435. The third kappa shape index (κ3) is 5.39. The smallest absolute Gasteiger partial charge is 0.276 e. The van der Waals surface area contributed by atoms with Gasteiger partial charge >= 0.3 is 0 Å². The zero-order chi connectivity index (χ0) is 21.3. The Labute approximate surface area is 173 Å². The first-order valence-electron chi connectivity index (χ1n) is 9.18. The largest absolute Gasteiger partial charge is 0.348 e. The SMILES string of the molecule is O=C(C=Cc1ccccc1[N+](=O)[O-])Nc1ccccc1C(=O)NCc1ccccc1. The average Bonchev–Trinajstić information content (AvgIpc) is 2.77. The highest BCUT2D eigenvalue weighted by Crippen LogP contribution is 2.19. The summed E-state index contributed by atoms with van der Waals surface area (Å²) in [6.07, 6.45) is 2.56. The highest BCUT2D eigenvalue weighted by atomic mass is 16.6. The van der Waals surface area contributed by atoms with Crippen LogP contribution in [0.2, 0.25) is 0 Å². The number of para-hydroxylation sites is 2. The molecule has 7 heteroatoms. The molecule has 0 aromatic heterocycles. The van der Waals surface area contributed by atoms with Crippen molar-refractivity contribution in [3.63, 3.8) is 0 Å². The molecule has 2 N–H and O–H groups in total. The molecule has 30 heavy (non-hydrogen) atoms. The monoisotopic (exact) mass is 401 g/mol. The normalized spacial score (nSPS) is 10.5. The van der Waals surface area contributed by atoms with E-state index in [2.05, 4.69) is 10.6 Å². The molecule has 150 valence electrons. The number of nitro benzene ring substituents is 1. The van der Waals surface area contributed by atoms with Crippen molar-refractivity contribution >= 4 is 29.3 Å². The van der Waals surface area contributed by atoms with Gasteiger partial charge in [-0.1, -0.05) is 54.6 Å². The average molecular weight is 401 g/mol. The predicted octanol–water partition coefficient (Wildman–Crippen LogP) is 4.18. The van der Waals surface area contributed by atoms with E-state index in [9.17, 15) is 19.7 Å². The Hall–Kier alpha value is -4.26. The number of benzene rings is 3. The first-order valence-corrected chi connectivity index (χ1v) is 9.18. The molecule has 0 radical (unpaired) electrons. The fourth-order valence-electron chi connectivity index (χ4n) is 2.80. The molecule has 0 aliphatic rings. The first-order chi connectivity index (χ1) is 14.5. The molecule has 0 unspecified atom stereocenters. The van der Waals surface area contributed by atoms with Gasteiger partial charge in [0.05, 0.1) is 21.7 Å². The van der Waals surface area contributed by atoms with Gasteiger partial charge in [0.15, 0.2) is 0 Å². The van der Waals surface area contributed by atoms with Crippen molar-refractivity contribution < 1.29 is 14.5 Å². The van der Waals surface area contributed by atoms with Crippen molar-refractivity contribution in [1.82, 2.24) is 5.32 Å². The highest BCUT2D eigenvalue weighted by Gasteiger charge is 2.13. The number of anilines is 1. The third-order valence-corrected chi connectivity index (χ3v) is 4.27. The molecule has 0 aliphatic heterocycles. The Morgan fingerprint density at radius 1 is 0.900 bits per heavy atom. The zero-order valence-corrected chi connectivity index (χ0v) is 15.9. The predicted molar refractivity (Wildman–Crippen MR) is 115 cm³/mol. The van der Waals surface area contributed by atoms with Crippen LogP contribution in [0, 0.1) is 10.1 Å². The van der Waals surface area contributed by atoms with Gasteiger partial charge in [0.25, 0.3) is 11.6 Å². The van der Waals surface area contributed by atoms with Crippen LogP contribution >= 0.6 is 0 Å². The van der Waals surface area contributed by atoms with Crippen LogP contribution in [0.1, 0.15) is 21.5 Å². The fourth-order valence-corrected chi connectivity index (χ4v) is 2.80. The zero-order valence-electron chi connectivity index (χ0n) is 15.9. The van der Waals surface area contributed by atoms with Crippen LogP contribution in [0.5, 0.6) is 0 Å². The van der Waals surface area contributed by atoms with Gasteiger partial charge in [0.2, 0.25) is 5.91 Å². The van der Waals surface area contributed by atoms with E-state index >= 15 is 0 Å². The van der Waals surface area contributed by atoms with Gasteiger partial charge in [-0.2, -0.15) is 0 Å². The van der Waals surface area contributed by atoms with Crippen molar-refractivity contribution in [1.29, 1.82) is 0 Å². The molecule has 0 saturated heterocycles. The van der Waals surface area contributed by atoms with Crippen molar-refractivity contribution in [3.8, 4) is 0 Å². The lowest BCUT2D eigenvalue weighted by Crippen LogP contribution is -2.24. The van der Waals surface area contributed by atoms with Gasteiger partial charge in [-0.25, -0.2) is 0 Å². The van der Waals surface area contributed by atoms with E-state index in [-0.39, 0.29) is 11.6 Å². The number of hydrogen-bond donors (Lipinski definition) is 2. The second-order valence-electron chi connectivity index (χ2n) is 6.35. The summed E-state index contributed by atoms with van der Waals surface area (Å²) in [5, 5.41) is 16.5. The molecule has 0 fully saturated rings. The van der Waals surface area contributed by atoms with Crippen LogP contribution < -0.4 is 10.6 Å². The second-order valence-corrected chi connectivity index (χ2v) is 6.35. The summed E-state index contributed by atoms with van der Waals surface area (Å²) >= 11 is 0. The quantitative estimate of drug-likeness (QED) is 0.352. The molecule has 0 atom stereocenters. The van der Waals surface area contributed by atoms with Crippen molar-refractivity contribution in [2.24, 2.45) is 0 Å². The molecule has 0 saturated carbocycles. The maximum atomic E-state index is 12.6. The standard InChI is InChI=1S/C23H19N3O4/c27-22(15-14-18-10-4-7-13-21(18)26(29)30)25-20-12-6-5-11-19(20)23(28)24-16-17-8-2-1-3-9-17/h1-15H,16H2,(H,24,28)(H,25,27). The summed E-state index contributed by atoms with van der Waals surface area (Å²) in [6, 6.07) is 22.2. The Bertz CT molecular complexity index is 1090. The maximum Gasteiger partial charge on any atom is 0.276 e. The molecular formula is C23H19N3O4. The van der Waals surface area contributed by atoms with E-state index in [1.807, 2.05) is 30.3 Å². The van der Waals surface area contributed by atoms with Crippen molar-refractivity contribution in [2.45, 2.75) is 6.54 Å². The number of nitrogens with zero attached hydrogens (tertiary/aromatic N) is 1. The van der Waals surface area contributed by atoms with Crippen LogP contribution in [-0.2, 0) is 11.3 Å². The van der Waals surface area contributed by atoms with Crippen LogP contribution in [0.4, 0.5) is 11.4 Å². The van der Waals surface area contributed by atoms with Gasteiger partial charge in [-0.05, 0) is 29.8 Å². The summed E-state index contributed by atoms with van der Waals surface area (Å²) in [5.41, 5.74) is 1.84. The second kappa shape index (κ2) is 9.79. The van der Waals surface area contributed by atoms with Crippen LogP contribution in [0.15, 0.2) is 84.9 Å². The molecule has 0 heterocycles. The van der Waals surface area contributed by atoms with Crippen molar-refractivity contribution in [2.75, 3.05) is 5.32 Å². The molecule has 0 aliphatic carbocycles. The van der Waals surface area contributed by atoms with E-state index in [4.69, 9.17) is 0 Å². The lowest BCUT2D eigenvalue weighted by atomic mass is 10.1. The summed E-state index contributed by atoms with van der Waals surface area (Å²) in [5.74, 6) is -0.825. The molecule has 2 amide bonds. The Balaban J connectivity index is 1.69. The van der Waals surface area contributed by atoms with E-state index in [1.165, 1.54) is 18.2 Å². The van der Waals surface area contributed by atoms with E-state index in [0.717, 1.165) is 5.56 Å². The third-order valence-electron chi connectivity index (χ3n) is 4.27. The first kappa shape index (κ1) is 20.5. The topological polar surface area (TPSA) is 101 Å². The number of carbonyl (C=O) groups excluding carboxylic acids is 2. The highest BCUT2D eigenvalue weighted by molar-refractivity contribution is 6.07. The van der Waals surface area contributed by atoms with Gasteiger partial charge in [0, 0.05) is 18.7 Å². The molecular weight excluding hydrogens is 382 g/mol. The number of rotatable bonds is 7. The number of amides is 2. The van der Waals surface area contributed by atoms with Crippen LogP contribution in [0.3, 0.4) is 0 Å². The molecule has 7 nitrogen and oxygen atoms in total. The maximum absolute atomic E-state index is 12.6. The molecule has 3 aromatic rings. The molecule has 3 rings (SSSR count). The van der Waals surface area contributed by atoms with Crippen LogP contribution in [-0.4, -0.2) is 16.7 Å². The van der Waals surface area contributed by atoms with Gasteiger partial charge in [-0.3, -0.25) is 19.7 Å². The molecule has 0 bridgehead atoms. The minimum Gasteiger partial charge on any atom is -0.348 e. The number of carbonyl (C=O) groups is 2. The van der Waals surface area contributed by atoms with E-state index in [1.54, 1.807) is 42.5 Å². The molecule has 0 spiro atoms. The summed E-state index contributed by atoms with van der Waals surface area (Å²) in [6.45, 7) is 0.361. The summed E-state index contributed by atoms with van der Waals surface area (Å²) in [7, 11) is 0. The molecule has 3 aromatic carbocycles. The van der Waals surface area contributed by atoms with E-state index in [0.29, 0.717) is 23.4 Å². The Morgan fingerprint density at radius 3 is 2.33 bits per heavy atom. The van der Waals surface area contributed by atoms with Crippen molar-refractivity contribution in [3.05, 3.63) is 112 Å². The van der Waals surface area contributed by atoms with Gasteiger partial charge in [0.1, 0.15) is 0 Å². The Morgan fingerprint density at radius 2 is 1.57 bits per heavy atom. The lowest BCUT2D eigenvalue weighted by molar-refractivity contribution is -0.385. The number of hydrogen-bond acceptors (Lipinski definition) is 4. The summed E-state index contributed by atoms with van der Waals surface area (Å²) in [4.78, 5) is 35.4. The van der Waals surface area contributed by atoms with Crippen LogP contribution in [0.25, 0.3) is 6.08 Å². The summed E-state index contributed by atoms with van der Waals surface area (Å²) < 4.78 is 0.